The van der Waals surface area contributed by atoms with Gasteiger partial charge in [-0.15, -0.1) is 0 Å². The minimum absolute atomic E-state index is 0.133. The molecule has 8 heteroatoms. The van der Waals surface area contributed by atoms with Crippen LogP contribution in [-0.4, -0.2) is 28.0 Å². The summed E-state index contributed by atoms with van der Waals surface area (Å²) in [5.74, 6) is 1.12. The first kappa shape index (κ1) is 23.0. The third kappa shape index (κ3) is 4.91. The highest BCUT2D eigenvalue weighted by atomic mass is 16.6. The summed E-state index contributed by atoms with van der Waals surface area (Å²) in [6.45, 7) is 5.21. The van der Waals surface area contributed by atoms with Gasteiger partial charge in [0.15, 0.2) is 0 Å². The van der Waals surface area contributed by atoms with Crippen LogP contribution in [0.3, 0.4) is 0 Å². The Bertz CT molecular complexity index is 1270. The Hall–Kier alpha value is -4.20. The molecule has 1 heterocycles. The van der Waals surface area contributed by atoms with Crippen molar-refractivity contribution in [3.63, 3.8) is 0 Å². The van der Waals surface area contributed by atoms with E-state index in [0.717, 1.165) is 35.1 Å². The van der Waals surface area contributed by atoms with Crippen LogP contribution in [0.2, 0.25) is 0 Å². The first-order valence-corrected chi connectivity index (χ1v) is 11.4. The maximum absolute atomic E-state index is 12.2. The molecule has 1 aromatic heterocycles. The summed E-state index contributed by atoms with van der Waals surface area (Å²) in [6, 6.07) is 21.1. The van der Waals surface area contributed by atoms with Crippen LogP contribution in [0.1, 0.15) is 26.7 Å². The lowest BCUT2D eigenvalue weighted by Crippen LogP contribution is -2.20. The van der Waals surface area contributed by atoms with Crippen LogP contribution < -0.4 is 15.0 Å². The smallest absolute Gasteiger partial charge is 0.354 e. The van der Waals surface area contributed by atoms with Crippen molar-refractivity contribution in [2.75, 3.05) is 23.4 Å². The number of aromatic nitrogens is 2. The Morgan fingerprint density at radius 1 is 1.00 bits per heavy atom. The van der Waals surface area contributed by atoms with Crippen LogP contribution in [0, 0.1) is 10.1 Å². The summed E-state index contributed by atoms with van der Waals surface area (Å²) < 4.78 is 5.69. The number of nitro groups is 1. The normalized spacial score (nSPS) is 10.8. The Morgan fingerprint density at radius 2 is 1.76 bits per heavy atom. The van der Waals surface area contributed by atoms with Crippen molar-refractivity contribution in [2.45, 2.75) is 26.7 Å². The first-order chi connectivity index (χ1) is 16.6. The fourth-order valence-electron chi connectivity index (χ4n) is 3.81. The number of ether oxygens (including phenoxy) is 1. The van der Waals surface area contributed by atoms with Gasteiger partial charge in [-0.1, -0.05) is 49.7 Å². The SMILES string of the molecule is CCCCOc1ccc(Nc2ncnc(N(CC)c3cccc4ccccc34)c2[N+](=O)[O-])cc1. The third-order valence-corrected chi connectivity index (χ3v) is 5.50. The molecule has 0 saturated carbocycles. The zero-order valence-corrected chi connectivity index (χ0v) is 19.3. The number of hydrogen-bond acceptors (Lipinski definition) is 7. The second-order valence-electron chi connectivity index (χ2n) is 7.75. The molecule has 0 unspecified atom stereocenters. The van der Waals surface area contributed by atoms with Crippen molar-refractivity contribution in [2.24, 2.45) is 0 Å². The average molecular weight is 458 g/mol. The molecule has 34 heavy (non-hydrogen) atoms. The quantitative estimate of drug-likeness (QED) is 0.162. The Balaban J connectivity index is 1.69. The predicted octanol–water partition coefficient (Wildman–Crippen LogP) is 6.62. The van der Waals surface area contributed by atoms with Crippen molar-refractivity contribution < 1.29 is 9.66 Å². The molecular weight excluding hydrogens is 430 g/mol. The van der Waals surface area contributed by atoms with E-state index in [-0.39, 0.29) is 17.3 Å². The highest BCUT2D eigenvalue weighted by molar-refractivity contribution is 5.97. The minimum Gasteiger partial charge on any atom is -0.494 e. The lowest BCUT2D eigenvalue weighted by Gasteiger charge is -2.24. The molecule has 4 rings (SSSR count). The number of hydrogen-bond donors (Lipinski definition) is 1. The van der Waals surface area contributed by atoms with Gasteiger partial charge in [0.25, 0.3) is 0 Å². The number of benzene rings is 3. The Morgan fingerprint density at radius 3 is 2.50 bits per heavy atom. The largest absolute Gasteiger partial charge is 0.494 e. The number of nitrogens with one attached hydrogen (secondary N) is 1. The number of anilines is 4. The lowest BCUT2D eigenvalue weighted by atomic mass is 10.1. The molecule has 0 bridgehead atoms. The monoisotopic (exact) mass is 457 g/mol. The molecule has 0 atom stereocenters. The molecule has 0 aliphatic rings. The highest BCUT2D eigenvalue weighted by Gasteiger charge is 2.28. The number of fused-ring (bicyclic) bond motifs is 1. The van der Waals surface area contributed by atoms with Gasteiger partial charge in [0.1, 0.15) is 12.1 Å². The van der Waals surface area contributed by atoms with Gasteiger partial charge in [-0.25, -0.2) is 9.97 Å². The third-order valence-electron chi connectivity index (χ3n) is 5.50. The number of nitrogens with zero attached hydrogens (tertiary/aromatic N) is 4. The van der Waals surface area contributed by atoms with Gasteiger partial charge in [-0.2, -0.15) is 0 Å². The minimum atomic E-state index is -0.437. The van der Waals surface area contributed by atoms with Gasteiger partial charge in [0.05, 0.1) is 17.2 Å². The van der Waals surface area contributed by atoms with Gasteiger partial charge < -0.3 is 15.0 Å². The van der Waals surface area contributed by atoms with Crippen LogP contribution in [0.5, 0.6) is 5.75 Å². The summed E-state index contributed by atoms with van der Waals surface area (Å²) in [5.41, 5.74) is 1.34. The second kappa shape index (κ2) is 10.6. The van der Waals surface area contributed by atoms with Crippen molar-refractivity contribution in [3.05, 3.63) is 83.2 Å². The lowest BCUT2D eigenvalue weighted by molar-refractivity contribution is -0.383. The molecule has 0 fully saturated rings. The molecule has 4 aromatic rings. The van der Waals surface area contributed by atoms with Crippen molar-refractivity contribution >= 4 is 39.5 Å². The standard InChI is InChI=1S/C26H27N5O3/c1-3-5-17-34-21-15-13-20(14-16-21)29-25-24(31(32)33)26(28-18-27-25)30(4-2)23-12-8-10-19-9-6-7-11-22(19)23/h6-16,18H,3-5,17H2,1-2H3,(H,27,28,29). The summed E-state index contributed by atoms with van der Waals surface area (Å²) >= 11 is 0. The van der Waals surface area contributed by atoms with Gasteiger partial charge in [-0.05, 0) is 49.1 Å². The molecule has 8 nitrogen and oxygen atoms in total. The first-order valence-electron chi connectivity index (χ1n) is 11.4. The average Bonchev–Trinajstić information content (AvgIpc) is 2.86. The van der Waals surface area contributed by atoms with Crippen molar-refractivity contribution in [1.82, 2.24) is 9.97 Å². The van der Waals surface area contributed by atoms with E-state index >= 15 is 0 Å². The Kier molecular flexibility index (Phi) is 7.17. The molecule has 0 amide bonds. The zero-order chi connectivity index (χ0) is 23.9. The van der Waals surface area contributed by atoms with E-state index in [0.29, 0.717) is 18.8 Å². The zero-order valence-electron chi connectivity index (χ0n) is 19.3. The summed E-state index contributed by atoms with van der Waals surface area (Å²) in [6.07, 6.45) is 3.40. The van der Waals surface area contributed by atoms with Gasteiger partial charge in [0, 0.05) is 17.6 Å². The molecule has 3 aromatic carbocycles. The van der Waals surface area contributed by atoms with Crippen molar-refractivity contribution in [3.8, 4) is 5.75 Å². The highest BCUT2D eigenvalue weighted by Crippen LogP contribution is 2.39. The van der Waals surface area contributed by atoms with Crippen LogP contribution >= 0.6 is 0 Å². The summed E-state index contributed by atoms with van der Waals surface area (Å²) in [7, 11) is 0. The fraction of sp³-hybridized carbons (Fsp3) is 0.231. The maximum Gasteiger partial charge on any atom is 0.354 e. The van der Waals surface area contributed by atoms with Gasteiger partial charge in [-0.3, -0.25) is 10.1 Å². The number of unbranched alkanes of at least 4 members (excludes halogenated alkanes) is 1. The van der Waals surface area contributed by atoms with E-state index in [1.807, 2.05) is 78.6 Å². The van der Waals surface area contributed by atoms with Crippen LogP contribution in [0.15, 0.2) is 73.1 Å². The van der Waals surface area contributed by atoms with E-state index in [1.165, 1.54) is 6.33 Å². The molecule has 1 N–H and O–H groups in total. The van der Waals surface area contributed by atoms with Gasteiger partial charge in [0.2, 0.25) is 11.6 Å². The topological polar surface area (TPSA) is 93.4 Å². The van der Waals surface area contributed by atoms with E-state index in [9.17, 15) is 10.1 Å². The fourth-order valence-corrected chi connectivity index (χ4v) is 3.81. The van der Waals surface area contributed by atoms with E-state index in [2.05, 4.69) is 22.2 Å². The van der Waals surface area contributed by atoms with Gasteiger partial charge >= 0.3 is 5.69 Å². The Labute approximate surface area is 198 Å². The molecule has 0 radical (unpaired) electrons. The molecule has 174 valence electrons. The second-order valence-corrected chi connectivity index (χ2v) is 7.75. The van der Waals surface area contributed by atoms with E-state index < -0.39 is 4.92 Å². The molecule has 0 spiro atoms. The van der Waals surface area contributed by atoms with Crippen molar-refractivity contribution in [1.29, 1.82) is 0 Å². The van der Waals surface area contributed by atoms with E-state index in [1.54, 1.807) is 0 Å². The maximum atomic E-state index is 12.2. The molecule has 0 aliphatic carbocycles. The molecule has 0 saturated heterocycles. The van der Waals surface area contributed by atoms with Crippen LogP contribution in [0.4, 0.5) is 28.7 Å². The predicted molar refractivity (Wildman–Crippen MR) is 135 cm³/mol. The summed E-state index contributed by atoms with van der Waals surface area (Å²) in [5, 5.41) is 17.3. The summed E-state index contributed by atoms with van der Waals surface area (Å²) in [4.78, 5) is 22.1. The van der Waals surface area contributed by atoms with Crippen LogP contribution in [0.25, 0.3) is 10.8 Å². The number of rotatable bonds is 10. The van der Waals surface area contributed by atoms with Crippen LogP contribution in [-0.2, 0) is 0 Å². The van der Waals surface area contributed by atoms with E-state index in [4.69, 9.17) is 4.74 Å². The molecule has 0 aliphatic heterocycles. The molecular formula is C26H27N5O3.